The van der Waals surface area contributed by atoms with Gasteiger partial charge in [0, 0.05) is 19.0 Å². The van der Waals surface area contributed by atoms with Crippen molar-refractivity contribution in [2.75, 3.05) is 26.2 Å². The fourth-order valence-electron chi connectivity index (χ4n) is 2.56. The Morgan fingerprint density at radius 2 is 2.36 bits per heavy atom. The monoisotopic (exact) mass is 199 g/mol. The highest BCUT2D eigenvalue weighted by Gasteiger charge is 2.44. The topological polar surface area (TPSA) is 49.8 Å². The van der Waals surface area contributed by atoms with Crippen molar-refractivity contribution in [2.24, 2.45) is 11.8 Å². The zero-order chi connectivity index (χ0) is 10.1. The van der Waals surface area contributed by atoms with Gasteiger partial charge in [0.05, 0.1) is 18.6 Å². The lowest BCUT2D eigenvalue weighted by atomic mass is 9.77. The molecule has 3 saturated heterocycles. The van der Waals surface area contributed by atoms with Crippen LogP contribution in [0.5, 0.6) is 0 Å². The number of aliphatic hydroxyl groups excluding tert-OH is 1. The van der Waals surface area contributed by atoms with Crippen LogP contribution < -0.4 is 0 Å². The van der Waals surface area contributed by atoms with Crippen LogP contribution >= 0.6 is 0 Å². The van der Waals surface area contributed by atoms with Gasteiger partial charge in [0.15, 0.2) is 0 Å². The summed E-state index contributed by atoms with van der Waals surface area (Å²) in [7, 11) is 0. The predicted octanol–water partition coefficient (Wildman–Crippen LogP) is -0.138. The molecule has 14 heavy (non-hydrogen) atoms. The number of rotatable bonds is 2. The Morgan fingerprint density at radius 1 is 1.57 bits per heavy atom. The number of aliphatic hydroxyl groups is 1. The van der Waals surface area contributed by atoms with Crippen molar-refractivity contribution >= 4 is 5.97 Å². The summed E-state index contributed by atoms with van der Waals surface area (Å²) in [6.45, 7) is 4.74. The van der Waals surface area contributed by atoms with Crippen LogP contribution in [0.1, 0.15) is 13.3 Å². The molecule has 0 aromatic heterocycles. The fraction of sp³-hybridized carbons (Fsp3) is 0.900. The van der Waals surface area contributed by atoms with E-state index in [9.17, 15) is 9.90 Å². The molecule has 3 heterocycles. The number of hydrogen-bond donors (Lipinski definition) is 1. The highest BCUT2D eigenvalue weighted by Crippen LogP contribution is 2.33. The Kier molecular flexibility index (Phi) is 2.74. The Morgan fingerprint density at radius 3 is 2.93 bits per heavy atom. The lowest BCUT2D eigenvalue weighted by Crippen LogP contribution is -2.57. The second-order valence-corrected chi connectivity index (χ2v) is 4.14. The minimum absolute atomic E-state index is 0.104. The van der Waals surface area contributed by atoms with Crippen LogP contribution in [-0.4, -0.2) is 48.3 Å². The highest BCUT2D eigenvalue weighted by atomic mass is 16.5. The van der Waals surface area contributed by atoms with Gasteiger partial charge in [0.1, 0.15) is 0 Å². The molecule has 0 aromatic carbocycles. The summed E-state index contributed by atoms with van der Waals surface area (Å²) >= 11 is 0. The first-order chi connectivity index (χ1) is 6.72. The molecule has 0 spiro atoms. The molecule has 80 valence electrons. The Balaban J connectivity index is 2.03. The first-order valence-electron chi connectivity index (χ1n) is 5.29. The summed E-state index contributed by atoms with van der Waals surface area (Å²) < 4.78 is 5.01. The average Bonchev–Trinajstić information content (AvgIpc) is 2.18. The maximum absolute atomic E-state index is 11.6. The van der Waals surface area contributed by atoms with Crippen LogP contribution in [0.3, 0.4) is 0 Å². The summed E-state index contributed by atoms with van der Waals surface area (Å²) in [5, 5.41) is 9.74. The number of nitrogens with zero attached hydrogens (tertiary/aromatic N) is 1. The molecule has 0 amide bonds. The molecule has 1 N–H and O–H groups in total. The molecular weight excluding hydrogens is 182 g/mol. The van der Waals surface area contributed by atoms with Crippen molar-refractivity contribution < 1.29 is 14.6 Å². The zero-order valence-corrected chi connectivity index (χ0v) is 8.48. The number of hydrogen-bond acceptors (Lipinski definition) is 4. The van der Waals surface area contributed by atoms with Crippen LogP contribution in [0.2, 0.25) is 0 Å². The van der Waals surface area contributed by atoms with Crippen LogP contribution in [0.4, 0.5) is 0 Å². The van der Waals surface area contributed by atoms with E-state index in [1.807, 2.05) is 6.92 Å². The molecule has 0 aromatic rings. The predicted molar refractivity (Wildman–Crippen MR) is 50.7 cm³/mol. The molecule has 3 aliphatic rings. The second-order valence-electron chi connectivity index (χ2n) is 4.14. The van der Waals surface area contributed by atoms with Gasteiger partial charge in [-0.1, -0.05) is 0 Å². The molecule has 3 aliphatic heterocycles. The van der Waals surface area contributed by atoms with E-state index in [2.05, 4.69) is 4.90 Å². The van der Waals surface area contributed by atoms with Crippen molar-refractivity contribution in [3.05, 3.63) is 0 Å². The number of fused-ring (bicyclic) bond motifs is 3. The first-order valence-corrected chi connectivity index (χ1v) is 5.29. The molecule has 4 heteroatoms. The molecule has 3 rings (SSSR count). The zero-order valence-electron chi connectivity index (χ0n) is 8.48. The molecule has 3 fully saturated rings. The van der Waals surface area contributed by atoms with Crippen molar-refractivity contribution in [3.63, 3.8) is 0 Å². The summed E-state index contributed by atoms with van der Waals surface area (Å²) in [5.74, 6) is -0.118. The SMILES string of the molecule is CCOC(=O)[C@H]1CN2CC[C@H]1[C@@H](O)C2. The second kappa shape index (κ2) is 3.87. The quantitative estimate of drug-likeness (QED) is 0.629. The van der Waals surface area contributed by atoms with E-state index in [0.717, 1.165) is 26.1 Å². The van der Waals surface area contributed by atoms with Crippen molar-refractivity contribution in [2.45, 2.75) is 19.4 Å². The Labute approximate surface area is 83.8 Å². The third-order valence-corrected chi connectivity index (χ3v) is 3.28. The molecular formula is C10H17NO3. The fourth-order valence-corrected chi connectivity index (χ4v) is 2.56. The van der Waals surface area contributed by atoms with E-state index in [4.69, 9.17) is 4.74 Å². The van der Waals surface area contributed by atoms with Crippen molar-refractivity contribution in [3.8, 4) is 0 Å². The van der Waals surface area contributed by atoms with Gasteiger partial charge in [-0.2, -0.15) is 0 Å². The van der Waals surface area contributed by atoms with E-state index < -0.39 is 0 Å². The molecule has 1 unspecified atom stereocenters. The number of ether oxygens (including phenoxy) is 1. The lowest BCUT2D eigenvalue weighted by Gasteiger charge is -2.46. The molecule has 4 nitrogen and oxygen atoms in total. The first kappa shape index (κ1) is 9.93. The van der Waals surface area contributed by atoms with E-state index in [1.165, 1.54) is 0 Å². The minimum Gasteiger partial charge on any atom is -0.466 e. The van der Waals surface area contributed by atoms with E-state index >= 15 is 0 Å². The van der Waals surface area contributed by atoms with Crippen molar-refractivity contribution in [1.29, 1.82) is 0 Å². The smallest absolute Gasteiger partial charge is 0.310 e. The van der Waals surface area contributed by atoms with Gasteiger partial charge < -0.3 is 9.84 Å². The third-order valence-electron chi connectivity index (χ3n) is 3.28. The van der Waals surface area contributed by atoms with Crippen LogP contribution in [-0.2, 0) is 9.53 Å². The van der Waals surface area contributed by atoms with Gasteiger partial charge >= 0.3 is 5.97 Å². The largest absolute Gasteiger partial charge is 0.466 e. The maximum Gasteiger partial charge on any atom is 0.310 e. The molecule has 0 aliphatic carbocycles. The van der Waals surface area contributed by atoms with Crippen LogP contribution in [0, 0.1) is 11.8 Å². The van der Waals surface area contributed by atoms with Crippen molar-refractivity contribution in [1.82, 2.24) is 4.90 Å². The average molecular weight is 199 g/mol. The van der Waals surface area contributed by atoms with Gasteiger partial charge in [-0.15, -0.1) is 0 Å². The highest BCUT2D eigenvalue weighted by molar-refractivity contribution is 5.73. The molecule has 0 saturated carbocycles. The van der Waals surface area contributed by atoms with Gasteiger partial charge in [0.25, 0.3) is 0 Å². The van der Waals surface area contributed by atoms with Gasteiger partial charge in [-0.3, -0.25) is 9.69 Å². The third kappa shape index (κ3) is 1.64. The minimum atomic E-state index is -0.341. The molecule has 0 radical (unpaired) electrons. The van der Waals surface area contributed by atoms with Gasteiger partial charge in [-0.25, -0.2) is 0 Å². The number of carbonyl (C=O) groups excluding carboxylic acids is 1. The number of piperidine rings is 3. The molecule has 2 bridgehead atoms. The van der Waals surface area contributed by atoms with Crippen LogP contribution in [0.25, 0.3) is 0 Å². The summed E-state index contributed by atoms with van der Waals surface area (Å²) in [6.07, 6.45) is 0.580. The van der Waals surface area contributed by atoms with E-state index in [0.29, 0.717) is 6.61 Å². The van der Waals surface area contributed by atoms with Gasteiger partial charge in [0.2, 0.25) is 0 Å². The Hall–Kier alpha value is -0.610. The van der Waals surface area contributed by atoms with Crippen LogP contribution in [0.15, 0.2) is 0 Å². The van der Waals surface area contributed by atoms with Gasteiger partial charge in [-0.05, 0) is 19.9 Å². The van der Waals surface area contributed by atoms with E-state index in [-0.39, 0.29) is 23.9 Å². The standard InChI is InChI=1S/C10H17NO3/c1-2-14-10(13)8-5-11-4-3-7(8)9(12)6-11/h7-9,12H,2-6H2,1H3/t7-,8+,9+/m1/s1. The normalized spacial score (nSPS) is 41.0. The number of carbonyl (C=O) groups is 1. The summed E-state index contributed by atoms with van der Waals surface area (Å²) in [4.78, 5) is 13.7. The lowest BCUT2D eigenvalue weighted by molar-refractivity contribution is -0.160. The summed E-state index contributed by atoms with van der Waals surface area (Å²) in [6, 6.07) is 0. The maximum atomic E-state index is 11.6. The Bertz CT molecular complexity index is 231. The molecule has 4 atom stereocenters. The summed E-state index contributed by atoms with van der Waals surface area (Å²) in [5.41, 5.74) is 0. The van der Waals surface area contributed by atoms with E-state index in [1.54, 1.807) is 0 Å². The number of esters is 1.